The van der Waals surface area contributed by atoms with Gasteiger partial charge in [-0.3, -0.25) is 4.98 Å². The maximum Gasteiger partial charge on any atom is 0.125 e. The van der Waals surface area contributed by atoms with Crippen molar-refractivity contribution in [3.63, 3.8) is 0 Å². The molecule has 0 bridgehead atoms. The van der Waals surface area contributed by atoms with Crippen LogP contribution in [-0.2, 0) is 0 Å². The molecule has 0 amide bonds. The number of aromatic nitrogens is 2. The largest absolute Gasteiger partial charge is 0.373 e. The summed E-state index contributed by atoms with van der Waals surface area (Å²) in [7, 11) is 1.83. The van der Waals surface area contributed by atoms with Gasteiger partial charge in [0, 0.05) is 25.0 Å². The Balaban J connectivity index is 2.31. The number of aryl methyl sites for hydroxylation is 1. The lowest BCUT2D eigenvalue weighted by Gasteiger charge is -1.99. The summed E-state index contributed by atoms with van der Waals surface area (Å²) in [5.41, 5.74) is 2.43. The highest BCUT2D eigenvalue weighted by atomic mass is 35.5. The van der Waals surface area contributed by atoms with E-state index in [-0.39, 0.29) is 0 Å². The van der Waals surface area contributed by atoms with Crippen LogP contribution in [0.2, 0.25) is 5.02 Å². The standard InChI is InChI=1S/C14H12ClN3/c1-10-12(13(15)7-8-17-10)5-3-11-4-6-14(16-2)18-9-11/h4,6-9H,1-2H3,(H,16,18). The first-order chi connectivity index (χ1) is 8.70. The molecular weight excluding hydrogens is 246 g/mol. The summed E-state index contributed by atoms with van der Waals surface area (Å²) in [5.74, 6) is 6.88. The van der Waals surface area contributed by atoms with E-state index in [1.165, 1.54) is 0 Å². The van der Waals surface area contributed by atoms with E-state index in [4.69, 9.17) is 11.6 Å². The smallest absolute Gasteiger partial charge is 0.125 e. The second-order valence-electron chi connectivity index (χ2n) is 3.69. The summed E-state index contributed by atoms with van der Waals surface area (Å²) in [5, 5.41) is 3.58. The topological polar surface area (TPSA) is 37.8 Å². The number of halogens is 1. The normalized spacial score (nSPS) is 9.50. The summed E-state index contributed by atoms with van der Waals surface area (Å²) in [6, 6.07) is 5.52. The van der Waals surface area contributed by atoms with Gasteiger partial charge in [0.25, 0.3) is 0 Å². The van der Waals surface area contributed by atoms with E-state index < -0.39 is 0 Å². The summed E-state index contributed by atoms with van der Waals surface area (Å²) in [6.45, 7) is 1.89. The van der Waals surface area contributed by atoms with Crippen LogP contribution in [0, 0.1) is 18.8 Å². The highest BCUT2D eigenvalue weighted by molar-refractivity contribution is 6.31. The minimum atomic E-state index is 0.620. The average Bonchev–Trinajstić information content (AvgIpc) is 2.39. The Kier molecular flexibility index (Phi) is 3.81. The highest BCUT2D eigenvalue weighted by Crippen LogP contribution is 2.16. The number of hydrogen-bond acceptors (Lipinski definition) is 3. The van der Waals surface area contributed by atoms with Gasteiger partial charge < -0.3 is 5.32 Å². The van der Waals surface area contributed by atoms with Crippen LogP contribution in [-0.4, -0.2) is 17.0 Å². The zero-order chi connectivity index (χ0) is 13.0. The molecular formula is C14H12ClN3. The summed E-state index contributed by atoms with van der Waals surface area (Å²) in [6.07, 6.45) is 3.39. The highest BCUT2D eigenvalue weighted by Gasteiger charge is 2.00. The van der Waals surface area contributed by atoms with Gasteiger partial charge in [-0.15, -0.1) is 0 Å². The zero-order valence-electron chi connectivity index (χ0n) is 10.2. The third-order valence-electron chi connectivity index (χ3n) is 2.44. The number of nitrogens with zero attached hydrogens (tertiary/aromatic N) is 2. The first-order valence-corrected chi connectivity index (χ1v) is 5.85. The molecule has 2 aromatic rings. The predicted molar refractivity (Wildman–Crippen MR) is 73.7 cm³/mol. The van der Waals surface area contributed by atoms with Crippen LogP contribution in [0.5, 0.6) is 0 Å². The Bertz CT molecular complexity index is 589. The number of anilines is 1. The number of rotatable bonds is 1. The molecule has 0 aliphatic carbocycles. The molecule has 90 valence electrons. The molecule has 0 spiro atoms. The second kappa shape index (κ2) is 5.52. The van der Waals surface area contributed by atoms with Gasteiger partial charge in [-0.2, -0.15) is 0 Å². The van der Waals surface area contributed by atoms with E-state index in [2.05, 4.69) is 27.1 Å². The molecule has 0 aromatic carbocycles. The average molecular weight is 258 g/mol. The van der Waals surface area contributed by atoms with Gasteiger partial charge in [0.2, 0.25) is 0 Å². The van der Waals surface area contributed by atoms with Crippen molar-refractivity contribution in [3.05, 3.63) is 52.4 Å². The van der Waals surface area contributed by atoms with Gasteiger partial charge in [-0.1, -0.05) is 23.4 Å². The van der Waals surface area contributed by atoms with E-state index in [0.717, 1.165) is 22.6 Å². The molecule has 0 aliphatic rings. The molecule has 4 heteroatoms. The SMILES string of the molecule is CNc1ccc(C#Cc2c(Cl)ccnc2C)cn1. The molecule has 0 fully saturated rings. The molecule has 2 rings (SSSR count). The lowest BCUT2D eigenvalue weighted by molar-refractivity contribution is 1.19. The molecule has 0 atom stereocenters. The van der Waals surface area contributed by atoms with Gasteiger partial charge in [0.1, 0.15) is 5.82 Å². The molecule has 0 radical (unpaired) electrons. The number of nitrogens with one attached hydrogen (secondary N) is 1. The fourth-order valence-corrected chi connectivity index (χ4v) is 1.68. The van der Waals surface area contributed by atoms with Crippen LogP contribution in [0.3, 0.4) is 0 Å². The fraction of sp³-hybridized carbons (Fsp3) is 0.143. The molecule has 3 nitrogen and oxygen atoms in total. The zero-order valence-corrected chi connectivity index (χ0v) is 10.9. The third kappa shape index (κ3) is 2.79. The van der Waals surface area contributed by atoms with Gasteiger partial charge in [0.15, 0.2) is 0 Å². The lowest BCUT2D eigenvalue weighted by atomic mass is 10.2. The molecule has 0 aliphatic heterocycles. The van der Waals surface area contributed by atoms with Crippen molar-refractivity contribution in [2.45, 2.75) is 6.92 Å². The monoisotopic (exact) mass is 257 g/mol. The Labute approximate surface area is 111 Å². The van der Waals surface area contributed by atoms with Crippen LogP contribution in [0.15, 0.2) is 30.6 Å². The molecule has 18 heavy (non-hydrogen) atoms. The van der Waals surface area contributed by atoms with Gasteiger partial charge >= 0.3 is 0 Å². The Morgan fingerprint density at radius 1 is 1.17 bits per heavy atom. The van der Waals surface area contributed by atoms with Gasteiger partial charge in [0.05, 0.1) is 16.3 Å². The minimum absolute atomic E-state index is 0.620. The maximum absolute atomic E-state index is 6.08. The minimum Gasteiger partial charge on any atom is -0.373 e. The molecule has 2 aromatic heterocycles. The van der Waals surface area contributed by atoms with Crippen molar-refractivity contribution in [1.82, 2.24) is 9.97 Å². The first-order valence-electron chi connectivity index (χ1n) is 5.47. The predicted octanol–water partition coefficient (Wildman–Crippen LogP) is 2.88. The molecule has 2 heterocycles. The summed E-state index contributed by atoms with van der Waals surface area (Å²) in [4.78, 5) is 8.36. The maximum atomic E-state index is 6.08. The van der Waals surface area contributed by atoms with Crippen molar-refractivity contribution >= 4 is 17.4 Å². The van der Waals surface area contributed by atoms with Crippen LogP contribution in [0.25, 0.3) is 0 Å². The van der Waals surface area contributed by atoms with Crippen molar-refractivity contribution in [2.24, 2.45) is 0 Å². The molecule has 0 saturated heterocycles. The number of hydrogen-bond donors (Lipinski definition) is 1. The summed E-state index contributed by atoms with van der Waals surface area (Å²) < 4.78 is 0. The molecule has 1 N–H and O–H groups in total. The van der Waals surface area contributed by atoms with Crippen LogP contribution >= 0.6 is 11.6 Å². The van der Waals surface area contributed by atoms with Gasteiger partial charge in [-0.25, -0.2) is 4.98 Å². The summed E-state index contributed by atoms with van der Waals surface area (Å²) >= 11 is 6.08. The van der Waals surface area contributed by atoms with E-state index in [9.17, 15) is 0 Å². The Hall–Kier alpha value is -2.05. The van der Waals surface area contributed by atoms with Crippen molar-refractivity contribution < 1.29 is 0 Å². The Morgan fingerprint density at radius 3 is 2.61 bits per heavy atom. The van der Waals surface area contributed by atoms with Crippen LogP contribution < -0.4 is 5.32 Å². The van der Waals surface area contributed by atoms with Crippen molar-refractivity contribution in [2.75, 3.05) is 12.4 Å². The van der Waals surface area contributed by atoms with Gasteiger partial charge in [-0.05, 0) is 25.1 Å². The van der Waals surface area contributed by atoms with E-state index in [1.807, 2.05) is 26.1 Å². The van der Waals surface area contributed by atoms with E-state index >= 15 is 0 Å². The quantitative estimate of drug-likeness (QED) is 0.799. The van der Waals surface area contributed by atoms with E-state index in [1.54, 1.807) is 18.5 Å². The molecule has 0 unspecified atom stereocenters. The van der Waals surface area contributed by atoms with E-state index in [0.29, 0.717) is 5.02 Å². The third-order valence-corrected chi connectivity index (χ3v) is 2.76. The molecule has 0 saturated carbocycles. The number of pyridine rings is 2. The van der Waals surface area contributed by atoms with Crippen LogP contribution in [0.4, 0.5) is 5.82 Å². The van der Waals surface area contributed by atoms with Crippen molar-refractivity contribution in [3.8, 4) is 11.8 Å². The first kappa shape index (κ1) is 12.4. The Morgan fingerprint density at radius 2 is 2.00 bits per heavy atom. The fourth-order valence-electron chi connectivity index (χ4n) is 1.44. The van der Waals surface area contributed by atoms with Crippen LogP contribution in [0.1, 0.15) is 16.8 Å². The lowest BCUT2D eigenvalue weighted by Crippen LogP contribution is -1.91. The van der Waals surface area contributed by atoms with Crippen molar-refractivity contribution in [1.29, 1.82) is 0 Å². The second-order valence-corrected chi connectivity index (χ2v) is 4.09.